The Balaban J connectivity index is 2.28. The molecule has 2 aromatic carbocycles. The van der Waals surface area contributed by atoms with E-state index in [9.17, 15) is 4.79 Å². The van der Waals surface area contributed by atoms with Crippen LogP contribution in [0.3, 0.4) is 0 Å². The molecule has 0 atom stereocenters. The summed E-state index contributed by atoms with van der Waals surface area (Å²) in [6, 6.07) is 14.3. The molecule has 0 unspecified atom stereocenters. The fourth-order valence-electron chi connectivity index (χ4n) is 1.63. The third kappa shape index (κ3) is 2.72. The molecule has 86 valence electrons. The monoisotopic (exact) mass is 225 g/mol. The number of likely N-dealkylation sites (N-methyl/N-ethyl adjacent to an activating group) is 1. The van der Waals surface area contributed by atoms with E-state index in [1.165, 1.54) is 10.8 Å². The summed E-state index contributed by atoms with van der Waals surface area (Å²) < 4.78 is 0. The van der Waals surface area contributed by atoms with Gasteiger partial charge in [0.1, 0.15) is 0 Å². The first kappa shape index (κ1) is 11.4. The van der Waals surface area contributed by atoms with Gasteiger partial charge in [-0.05, 0) is 28.5 Å². The quantitative estimate of drug-likeness (QED) is 0.720. The predicted octanol–water partition coefficient (Wildman–Crippen LogP) is 2.94. The molecule has 0 heterocycles. The van der Waals surface area contributed by atoms with Crippen LogP contribution < -0.4 is 0 Å². The number of hydrogen-bond donors (Lipinski definition) is 0. The number of amides is 1. The first-order valence-corrected chi connectivity index (χ1v) is 5.55. The van der Waals surface area contributed by atoms with Crippen LogP contribution >= 0.6 is 0 Å². The molecule has 0 N–H and O–H groups in total. The van der Waals surface area contributed by atoms with E-state index in [1.54, 1.807) is 25.1 Å². The van der Waals surface area contributed by atoms with Gasteiger partial charge in [0.25, 0.3) is 0 Å². The van der Waals surface area contributed by atoms with Crippen LogP contribution in [0.2, 0.25) is 0 Å². The standard InChI is InChI=1S/C15H15NO/c1-16(2)15(17)10-8-12-7-9-13-5-3-4-6-14(13)11-12/h3-11H,1-2H3/b10-8+. The molecule has 0 spiro atoms. The molecule has 2 rings (SSSR count). The van der Waals surface area contributed by atoms with Crippen molar-refractivity contribution in [1.29, 1.82) is 0 Å². The van der Waals surface area contributed by atoms with Crippen molar-refractivity contribution in [1.82, 2.24) is 4.90 Å². The van der Waals surface area contributed by atoms with Gasteiger partial charge in [0, 0.05) is 20.2 Å². The molecule has 2 heteroatoms. The Bertz CT molecular complexity index is 570. The third-order valence-electron chi connectivity index (χ3n) is 2.63. The van der Waals surface area contributed by atoms with E-state index < -0.39 is 0 Å². The molecule has 17 heavy (non-hydrogen) atoms. The molecule has 0 radical (unpaired) electrons. The van der Waals surface area contributed by atoms with E-state index in [1.807, 2.05) is 24.3 Å². The average Bonchev–Trinajstić information content (AvgIpc) is 2.35. The molecule has 2 aromatic rings. The van der Waals surface area contributed by atoms with Crippen LogP contribution in [0.15, 0.2) is 48.5 Å². The van der Waals surface area contributed by atoms with Gasteiger partial charge in [-0.1, -0.05) is 36.4 Å². The fraction of sp³-hybridized carbons (Fsp3) is 0.133. The van der Waals surface area contributed by atoms with E-state index in [0.29, 0.717) is 0 Å². The van der Waals surface area contributed by atoms with Crippen molar-refractivity contribution >= 4 is 22.8 Å². The molecule has 0 saturated carbocycles. The molecule has 0 aromatic heterocycles. The first-order chi connectivity index (χ1) is 8.16. The van der Waals surface area contributed by atoms with Crippen LogP contribution in [-0.2, 0) is 4.79 Å². The minimum absolute atomic E-state index is 0.00170. The van der Waals surface area contributed by atoms with E-state index in [2.05, 4.69) is 24.3 Å². The Morgan fingerprint density at radius 3 is 2.47 bits per heavy atom. The largest absolute Gasteiger partial charge is 0.345 e. The summed E-state index contributed by atoms with van der Waals surface area (Å²) in [4.78, 5) is 13.0. The summed E-state index contributed by atoms with van der Waals surface area (Å²) in [5, 5.41) is 2.40. The summed E-state index contributed by atoms with van der Waals surface area (Å²) in [5.41, 5.74) is 1.04. The van der Waals surface area contributed by atoms with Crippen LogP contribution in [0, 0.1) is 0 Å². The zero-order chi connectivity index (χ0) is 12.3. The summed E-state index contributed by atoms with van der Waals surface area (Å²) in [5.74, 6) is -0.00170. The number of rotatable bonds is 2. The maximum absolute atomic E-state index is 11.4. The molecule has 0 bridgehead atoms. The highest BCUT2D eigenvalue weighted by atomic mass is 16.2. The molecule has 0 saturated heterocycles. The Labute approximate surface area is 101 Å². The van der Waals surface area contributed by atoms with Crippen LogP contribution in [0.5, 0.6) is 0 Å². The topological polar surface area (TPSA) is 20.3 Å². The van der Waals surface area contributed by atoms with Gasteiger partial charge in [-0.2, -0.15) is 0 Å². The number of carbonyl (C=O) groups is 1. The second-order valence-electron chi connectivity index (χ2n) is 4.17. The summed E-state index contributed by atoms with van der Waals surface area (Å²) in [7, 11) is 3.49. The summed E-state index contributed by atoms with van der Waals surface area (Å²) in [6.07, 6.45) is 3.43. The molecule has 0 aliphatic rings. The normalized spacial score (nSPS) is 10.9. The first-order valence-electron chi connectivity index (χ1n) is 5.55. The maximum Gasteiger partial charge on any atom is 0.246 e. The van der Waals surface area contributed by atoms with Gasteiger partial charge in [-0.15, -0.1) is 0 Å². The Morgan fingerprint density at radius 1 is 1.06 bits per heavy atom. The minimum atomic E-state index is -0.00170. The number of hydrogen-bond acceptors (Lipinski definition) is 1. The minimum Gasteiger partial charge on any atom is -0.345 e. The van der Waals surface area contributed by atoms with Crippen LogP contribution in [0.4, 0.5) is 0 Å². The van der Waals surface area contributed by atoms with E-state index in [0.717, 1.165) is 5.56 Å². The maximum atomic E-state index is 11.4. The molecule has 2 nitrogen and oxygen atoms in total. The van der Waals surface area contributed by atoms with Crippen molar-refractivity contribution in [3.8, 4) is 0 Å². The molecule has 0 aliphatic heterocycles. The van der Waals surface area contributed by atoms with Gasteiger partial charge in [-0.25, -0.2) is 0 Å². The van der Waals surface area contributed by atoms with Gasteiger partial charge in [0.2, 0.25) is 5.91 Å². The van der Waals surface area contributed by atoms with Crippen molar-refractivity contribution in [3.63, 3.8) is 0 Å². The van der Waals surface area contributed by atoms with Gasteiger partial charge < -0.3 is 4.90 Å². The smallest absolute Gasteiger partial charge is 0.246 e. The van der Waals surface area contributed by atoms with Crippen LogP contribution in [-0.4, -0.2) is 24.9 Å². The fourth-order valence-corrected chi connectivity index (χ4v) is 1.63. The lowest BCUT2D eigenvalue weighted by atomic mass is 10.1. The number of carbonyl (C=O) groups excluding carboxylic acids is 1. The predicted molar refractivity (Wildman–Crippen MR) is 71.7 cm³/mol. The third-order valence-corrected chi connectivity index (χ3v) is 2.63. The highest BCUT2D eigenvalue weighted by Gasteiger charge is 1.97. The average molecular weight is 225 g/mol. The number of fused-ring (bicyclic) bond motifs is 1. The van der Waals surface area contributed by atoms with Crippen molar-refractivity contribution < 1.29 is 4.79 Å². The van der Waals surface area contributed by atoms with Gasteiger partial charge in [0.05, 0.1) is 0 Å². The Kier molecular flexibility index (Phi) is 3.24. The van der Waals surface area contributed by atoms with Gasteiger partial charge in [0.15, 0.2) is 0 Å². The van der Waals surface area contributed by atoms with Crippen LogP contribution in [0.1, 0.15) is 5.56 Å². The highest BCUT2D eigenvalue weighted by Crippen LogP contribution is 2.16. The lowest BCUT2D eigenvalue weighted by Gasteiger charge is -2.05. The van der Waals surface area contributed by atoms with Gasteiger partial charge >= 0.3 is 0 Å². The van der Waals surface area contributed by atoms with E-state index in [4.69, 9.17) is 0 Å². The Hall–Kier alpha value is -2.09. The van der Waals surface area contributed by atoms with Crippen molar-refractivity contribution in [2.45, 2.75) is 0 Å². The second kappa shape index (κ2) is 4.83. The summed E-state index contributed by atoms with van der Waals surface area (Å²) in [6.45, 7) is 0. The number of benzene rings is 2. The molecule has 0 aliphatic carbocycles. The van der Waals surface area contributed by atoms with Gasteiger partial charge in [-0.3, -0.25) is 4.79 Å². The van der Waals surface area contributed by atoms with Crippen molar-refractivity contribution in [3.05, 3.63) is 54.1 Å². The second-order valence-corrected chi connectivity index (χ2v) is 4.17. The zero-order valence-corrected chi connectivity index (χ0v) is 10.1. The summed E-state index contributed by atoms with van der Waals surface area (Å²) >= 11 is 0. The SMILES string of the molecule is CN(C)C(=O)/C=C/c1ccc2ccccc2c1. The lowest BCUT2D eigenvalue weighted by molar-refractivity contribution is -0.123. The van der Waals surface area contributed by atoms with Crippen molar-refractivity contribution in [2.24, 2.45) is 0 Å². The molecular formula is C15H15NO. The van der Waals surface area contributed by atoms with E-state index in [-0.39, 0.29) is 5.91 Å². The highest BCUT2D eigenvalue weighted by molar-refractivity contribution is 5.92. The lowest BCUT2D eigenvalue weighted by Crippen LogP contribution is -2.18. The van der Waals surface area contributed by atoms with E-state index >= 15 is 0 Å². The Morgan fingerprint density at radius 2 is 1.76 bits per heavy atom. The van der Waals surface area contributed by atoms with Crippen LogP contribution in [0.25, 0.3) is 16.8 Å². The molecule has 0 fully saturated rings. The zero-order valence-electron chi connectivity index (χ0n) is 10.1. The molecular weight excluding hydrogens is 210 g/mol. The molecule has 1 amide bonds. The van der Waals surface area contributed by atoms with Crippen molar-refractivity contribution in [2.75, 3.05) is 14.1 Å². The number of nitrogens with zero attached hydrogens (tertiary/aromatic N) is 1.